The number of alkyl halides is 3. The summed E-state index contributed by atoms with van der Waals surface area (Å²) >= 11 is 1.07. The minimum absolute atomic E-state index is 0.0497. The summed E-state index contributed by atoms with van der Waals surface area (Å²) in [6.07, 6.45) is -4.58. The van der Waals surface area contributed by atoms with Crippen LogP contribution in [0.2, 0.25) is 0 Å². The molecule has 9 heteroatoms. The van der Waals surface area contributed by atoms with Crippen molar-refractivity contribution >= 4 is 40.1 Å². The quantitative estimate of drug-likeness (QED) is 0.426. The molecule has 0 bridgehead atoms. The van der Waals surface area contributed by atoms with E-state index in [4.69, 9.17) is 0 Å². The molecule has 1 fully saturated rings. The minimum Gasteiger partial charge on any atom is -0.325 e. The third-order valence-electron chi connectivity index (χ3n) is 5.65. The highest BCUT2D eigenvalue weighted by molar-refractivity contribution is 8.15. The zero-order chi connectivity index (χ0) is 25.9. The van der Waals surface area contributed by atoms with Crippen LogP contribution in [0.15, 0.2) is 77.8 Å². The summed E-state index contributed by atoms with van der Waals surface area (Å²) in [7, 11) is 0. The second-order valence-corrected chi connectivity index (χ2v) is 9.70. The SMILES string of the molecule is Cc1ccc(NC(=O)C2CC(=O)N(Cc3ccccc3)C(=Nc3cccc(C(F)(F)F)c3)S2)c(C)c1. The molecule has 1 aliphatic heterocycles. The fraction of sp³-hybridized carbons (Fsp3) is 0.222. The largest absolute Gasteiger partial charge is 0.416 e. The van der Waals surface area contributed by atoms with Crippen molar-refractivity contribution in [1.82, 2.24) is 4.90 Å². The van der Waals surface area contributed by atoms with Crippen LogP contribution in [0.4, 0.5) is 24.5 Å². The van der Waals surface area contributed by atoms with Gasteiger partial charge in [-0.2, -0.15) is 13.2 Å². The van der Waals surface area contributed by atoms with Crippen LogP contribution in [0, 0.1) is 13.8 Å². The zero-order valence-electron chi connectivity index (χ0n) is 19.7. The van der Waals surface area contributed by atoms with Gasteiger partial charge in [-0.05, 0) is 49.2 Å². The Morgan fingerprint density at radius 1 is 1.06 bits per heavy atom. The Hall–Kier alpha value is -3.59. The van der Waals surface area contributed by atoms with Gasteiger partial charge in [0.25, 0.3) is 0 Å². The number of anilines is 1. The predicted molar refractivity (Wildman–Crippen MR) is 136 cm³/mol. The summed E-state index contributed by atoms with van der Waals surface area (Å²) in [6.45, 7) is 4.02. The van der Waals surface area contributed by atoms with Gasteiger partial charge in [0.2, 0.25) is 11.8 Å². The molecule has 0 spiro atoms. The van der Waals surface area contributed by atoms with Gasteiger partial charge in [-0.25, -0.2) is 4.99 Å². The maximum Gasteiger partial charge on any atom is 0.416 e. The number of amidine groups is 1. The average molecular weight is 512 g/mol. The van der Waals surface area contributed by atoms with Crippen molar-refractivity contribution in [2.24, 2.45) is 4.99 Å². The van der Waals surface area contributed by atoms with E-state index in [2.05, 4.69) is 10.3 Å². The molecule has 1 saturated heterocycles. The van der Waals surface area contributed by atoms with Gasteiger partial charge >= 0.3 is 6.18 Å². The molecule has 0 saturated carbocycles. The number of aryl methyl sites for hydroxylation is 2. The molecule has 5 nitrogen and oxygen atoms in total. The van der Waals surface area contributed by atoms with Crippen LogP contribution in [0.5, 0.6) is 0 Å². The maximum atomic E-state index is 13.2. The monoisotopic (exact) mass is 511 g/mol. The summed E-state index contributed by atoms with van der Waals surface area (Å²) in [5.41, 5.74) is 2.63. The topological polar surface area (TPSA) is 61.8 Å². The Labute approximate surface area is 211 Å². The van der Waals surface area contributed by atoms with E-state index in [0.717, 1.165) is 40.6 Å². The number of carbonyl (C=O) groups is 2. The standard InChI is InChI=1S/C27H24F3N3O2S/c1-17-11-12-22(18(2)13-17)32-25(35)23-15-24(34)33(16-19-7-4-3-5-8-19)26(36-23)31-21-10-6-9-20(14-21)27(28,29)30/h3-14,23H,15-16H2,1-2H3,(H,32,35). The minimum atomic E-state index is -4.52. The summed E-state index contributed by atoms with van der Waals surface area (Å²) in [5, 5.41) is 2.26. The number of thioether (sulfide) groups is 1. The van der Waals surface area contributed by atoms with E-state index < -0.39 is 17.0 Å². The molecule has 2 amide bonds. The highest BCUT2D eigenvalue weighted by atomic mass is 32.2. The zero-order valence-corrected chi connectivity index (χ0v) is 20.5. The molecule has 1 N–H and O–H groups in total. The number of halogens is 3. The molecule has 1 aliphatic rings. The Morgan fingerprint density at radius 3 is 2.50 bits per heavy atom. The summed E-state index contributed by atoms with van der Waals surface area (Å²) in [5.74, 6) is -0.694. The number of benzene rings is 3. The van der Waals surface area contributed by atoms with Crippen LogP contribution in [-0.4, -0.2) is 27.1 Å². The van der Waals surface area contributed by atoms with Crippen LogP contribution in [-0.2, 0) is 22.3 Å². The summed E-state index contributed by atoms with van der Waals surface area (Å²) < 4.78 is 39.7. The molecule has 0 aromatic heterocycles. The second-order valence-electron chi connectivity index (χ2n) is 8.53. The lowest BCUT2D eigenvalue weighted by atomic mass is 10.1. The lowest BCUT2D eigenvalue weighted by Gasteiger charge is -2.32. The normalized spacial score (nSPS) is 17.4. The third-order valence-corrected chi connectivity index (χ3v) is 6.84. The first-order valence-electron chi connectivity index (χ1n) is 11.2. The lowest BCUT2D eigenvalue weighted by Crippen LogP contribution is -2.44. The number of hydrogen-bond acceptors (Lipinski definition) is 4. The van der Waals surface area contributed by atoms with Crippen LogP contribution in [0.1, 0.15) is 28.7 Å². The van der Waals surface area contributed by atoms with Crippen molar-refractivity contribution in [3.8, 4) is 0 Å². The first kappa shape index (κ1) is 25.5. The first-order valence-corrected chi connectivity index (χ1v) is 12.1. The summed E-state index contributed by atoms with van der Waals surface area (Å²) in [4.78, 5) is 32.1. The third kappa shape index (κ3) is 6.15. The number of carbonyl (C=O) groups excluding carboxylic acids is 2. The Balaban J connectivity index is 1.64. The van der Waals surface area contributed by atoms with Gasteiger partial charge in [0.05, 0.1) is 17.8 Å². The summed E-state index contributed by atoms with van der Waals surface area (Å²) in [6, 6.07) is 19.4. The molecule has 1 heterocycles. The highest BCUT2D eigenvalue weighted by Gasteiger charge is 2.36. The van der Waals surface area contributed by atoms with Crippen molar-refractivity contribution in [2.45, 2.75) is 38.2 Å². The van der Waals surface area contributed by atoms with Gasteiger partial charge in [0.15, 0.2) is 5.17 Å². The Bertz CT molecular complexity index is 1310. The number of rotatable bonds is 5. The molecule has 1 unspecified atom stereocenters. The first-order chi connectivity index (χ1) is 17.1. The van der Waals surface area contributed by atoms with E-state index >= 15 is 0 Å². The van der Waals surface area contributed by atoms with Crippen molar-refractivity contribution in [2.75, 3.05) is 5.32 Å². The molecule has 186 valence electrons. The van der Waals surface area contributed by atoms with Crippen molar-refractivity contribution in [3.63, 3.8) is 0 Å². The van der Waals surface area contributed by atoms with Gasteiger partial charge in [-0.1, -0.05) is 65.9 Å². The van der Waals surface area contributed by atoms with Gasteiger partial charge in [-0.3, -0.25) is 14.5 Å². The molecule has 3 aromatic rings. The molecule has 1 atom stereocenters. The molecule has 36 heavy (non-hydrogen) atoms. The van der Waals surface area contributed by atoms with Gasteiger partial charge in [-0.15, -0.1) is 0 Å². The number of nitrogens with zero attached hydrogens (tertiary/aromatic N) is 2. The Morgan fingerprint density at radius 2 is 1.81 bits per heavy atom. The fourth-order valence-corrected chi connectivity index (χ4v) is 4.89. The smallest absolute Gasteiger partial charge is 0.325 e. The lowest BCUT2D eigenvalue weighted by molar-refractivity contribution is -0.137. The highest BCUT2D eigenvalue weighted by Crippen LogP contribution is 2.34. The van der Waals surface area contributed by atoms with Crippen molar-refractivity contribution in [3.05, 3.63) is 95.1 Å². The Kier molecular flexibility index (Phi) is 7.49. The number of aliphatic imine (C=N–C) groups is 1. The van der Waals surface area contributed by atoms with Crippen LogP contribution in [0.25, 0.3) is 0 Å². The average Bonchev–Trinajstić information content (AvgIpc) is 2.83. The van der Waals surface area contributed by atoms with E-state index in [-0.39, 0.29) is 35.6 Å². The van der Waals surface area contributed by atoms with Gasteiger partial charge < -0.3 is 5.32 Å². The molecular formula is C27H24F3N3O2S. The maximum absolute atomic E-state index is 13.2. The molecular weight excluding hydrogens is 487 g/mol. The molecule has 0 radical (unpaired) electrons. The van der Waals surface area contributed by atoms with Crippen LogP contribution >= 0.6 is 11.8 Å². The number of hydrogen-bond donors (Lipinski definition) is 1. The molecule has 3 aromatic carbocycles. The number of nitrogens with one attached hydrogen (secondary N) is 1. The van der Waals surface area contributed by atoms with Gasteiger partial charge in [0, 0.05) is 12.1 Å². The fourth-order valence-electron chi connectivity index (χ4n) is 3.79. The number of amides is 2. The van der Waals surface area contributed by atoms with Crippen LogP contribution in [0.3, 0.4) is 0 Å². The van der Waals surface area contributed by atoms with Crippen LogP contribution < -0.4 is 5.32 Å². The predicted octanol–water partition coefficient (Wildman–Crippen LogP) is 6.48. The van der Waals surface area contributed by atoms with E-state index in [1.807, 2.05) is 56.3 Å². The molecule has 4 rings (SSSR count). The van der Waals surface area contributed by atoms with Gasteiger partial charge in [0.1, 0.15) is 5.25 Å². The van der Waals surface area contributed by atoms with E-state index in [0.29, 0.717) is 5.69 Å². The van der Waals surface area contributed by atoms with Crippen molar-refractivity contribution in [1.29, 1.82) is 0 Å². The molecule has 0 aliphatic carbocycles. The van der Waals surface area contributed by atoms with E-state index in [1.165, 1.54) is 17.0 Å². The van der Waals surface area contributed by atoms with Crippen molar-refractivity contribution < 1.29 is 22.8 Å². The van der Waals surface area contributed by atoms with E-state index in [9.17, 15) is 22.8 Å². The second kappa shape index (κ2) is 10.6. The van der Waals surface area contributed by atoms with E-state index in [1.54, 1.807) is 6.07 Å².